The van der Waals surface area contributed by atoms with Crippen molar-refractivity contribution >= 4 is 29.3 Å². The fourth-order valence-corrected chi connectivity index (χ4v) is 3.06. The van der Waals surface area contributed by atoms with Gasteiger partial charge in [0.1, 0.15) is 5.84 Å². The van der Waals surface area contributed by atoms with Crippen LogP contribution in [0, 0.1) is 0 Å². The fraction of sp³-hybridized carbons (Fsp3) is 0.286. The quantitative estimate of drug-likeness (QED) is 0.525. The first-order valence-corrected chi connectivity index (χ1v) is 9.61. The van der Waals surface area contributed by atoms with E-state index < -0.39 is 23.8 Å². The zero-order valence-corrected chi connectivity index (χ0v) is 16.3. The third-order valence-electron chi connectivity index (χ3n) is 4.50. The van der Waals surface area contributed by atoms with Crippen LogP contribution in [0.4, 0.5) is 5.69 Å². The van der Waals surface area contributed by atoms with Crippen LogP contribution >= 0.6 is 0 Å². The molecule has 1 aromatic carbocycles. The highest BCUT2D eigenvalue weighted by Gasteiger charge is 2.19. The lowest BCUT2D eigenvalue weighted by atomic mass is 10.1. The van der Waals surface area contributed by atoms with Gasteiger partial charge in [0.05, 0.1) is 19.0 Å². The lowest BCUT2D eigenvalue weighted by Gasteiger charge is -2.17. The maximum Gasteiger partial charge on any atom is 0.305 e. The molecule has 9 heteroatoms. The molecule has 0 aliphatic carbocycles. The number of aliphatic imine (C=N–C) groups is 1. The minimum atomic E-state index is -1.05. The number of nitrogens with zero attached hydrogens (tertiary/aromatic N) is 2. The first kappa shape index (κ1) is 21.0. The molecule has 1 aliphatic rings. The zero-order chi connectivity index (χ0) is 21.3. The topological polar surface area (TPSA) is 133 Å². The van der Waals surface area contributed by atoms with Crippen molar-refractivity contribution in [3.05, 3.63) is 59.9 Å². The van der Waals surface area contributed by atoms with E-state index in [4.69, 9.17) is 5.11 Å². The summed E-state index contributed by atoms with van der Waals surface area (Å²) in [5.41, 5.74) is 1.74. The Hall–Kier alpha value is -3.75. The van der Waals surface area contributed by atoms with Crippen molar-refractivity contribution in [1.82, 2.24) is 15.6 Å². The van der Waals surface area contributed by atoms with E-state index >= 15 is 0 Å². The van der Waals surface area contributed by atoms with Crippen molar-refractivity contribution in [3.63, 3.8) is 0 Å². The van der Waals surface area contributed by atoms with Gasteiger partial charge in [-0.15, -0.1) is 0 Å². The Morgan fingerprint density at radius 1 is 1.17 bits per heavy atom. The molecule has 1 atom stereocenters. The number of anilines is 1. The second-order valence-corrected chi connectivity index (χ2v) is 6.82. The van der Waals surface area contributed by atoms with Gasteiger partial charge in [0, 0.05) is 36.6 Å². The second kappa shape index (κ2) is 10.1. The van der Waals surface area contributed by atoms with E-state index in [1.807, 2.05) is 6.07 Å². The first-order chi connectivity index (χ1) is 14.5. The molecule has 30 heavy (non-hydrogen) atoms. The maximum atomic E-state index is 12.4. The number of hydrogen-bond acceptors (Lipinski definition) is 6. The monoisotopic (exact) mass is 409 g/mol. The molecule has 156 valence electrons. The predicted octanol–water partition coefficient (Wildman–Crippen LogP) is 1.75. The number of amidine groups is 1. The van der Waals surface area contributed by atoms with Crippen LogP contribution in [0.25, 0.3) is 0 Å². The molecule has 0 saturated heterocycles. The number of carboxylic acid groups (broad SMARTS) is 1. The summed E-state index contributed by atoms with van der Waals surface area (Å²) < 4.78 is 0. The molecule has 9 nitrogen and oxygen atoms in total. The number of carbonyl (C=O) groups is 3. The molecule has 2 heterocycles. The van der Waals surface area contributed by atoms with Gasteiger partial charge in [-0.2, -0.15) is 0 Å². The number of aliphatic carboxylic acids is 1. The van der Waals surface area contributed by atoms with Crippen LogP contribution in [0.1, 0.15) is 41.2 Å². The van der Waals surface area contributed by atoms with Crippen LogP contribution in [0.2, 0.25) is 0 Å². The molecule has 3 rings (SSSR count). The Kier molecular flexibility index (Phi) is 7.09. The number of aromatic nitrogens is 1. The van der Waals surface area contributed by atoms with Gasteiger partial charge < -0.3 is 21.1 Å². The van der Waals surface area contributed by atoms with Crippen molar-refractivity contribution in [2.24, 2.45) is 4.99 Å². The molecular formula is C21H23N5O4. The summed E-state index contributed by atoms with van der Waals surface area (Å²) in [6, 6.07) is 9.55. The molecule has 1 aliphatic heterocycles. The predicted molar refractivity (Wildman–Crippen MR) is 111 cm³/mol. The highest BCUT2D eigenvalue weighted by molar-refractivity contribution is 6.00. The van der Waals surface area contributed by atoms with E-state index in [2.05, 4.69) is 25.9 Å². The Bertz CT molecular complexity index is 945. The Labute approximate surface area is 173 Å². The summed E-state index contributed by atoms with van der Waals surface area (Å²) in [6.07, 6.45) is 4.67. The van der Waals surface area contributed by atoms with Gasteiger partial charge in [0.2, 0.25) is 5.91 Å². The molecule has 0 saturated carbocycles. The number of pyridine rings is 1. The van der Waals surface area contributed by atoms with Crippen molar-refractivity contribution in [2.45, 2.75) is 25.3 Å². The van der Waals surface area contributed by atoms with Crippen LogP contribution in [0.3, 0.4) is 0 Å². The summed E-state index contributed by atoms with van der Waals surface area (Å²) in [5.74, 6) is -1.05. The molecule has 0 fully saturated rings. The van der Waals surface area contributed by atoms with E-state index in [1.54, 1.807) is 36.5 Å². The minimum absolute atomic E-state index is 0.278. The number of carboxylic acids is 1. The lowest BCUT2D eigenvalue weighted by Crippen LogP contribution is -2.39. The molecule has 0 bridgehead atoms. The summed E-state index contributed by atoms with van der Waals surface area (Å²) in [6.45, 7) is 0.527. The van der Waals surface area contributed by atoms with E-state index in [9.17, 15) is 14.4 Å². The molecule has 4 N–H and O–H groups in total. The number of amides is 2. The van der Waals surface area contributed by atoms with Gasteiger partial charge >= 0.3 is 5.97 Å². The lowest BCUT2D eigenvalue weighted by molar-refractivity contribution is -0.137. The van der Waals surface area contributed by atoms with E-state index in [0.29, 0.717) is 11.1 Å². The zero-order valence-electron chi connectivity index (χ0n) is 16.3. The number of benzene rings is 1. The number of hydrogen-bond donors (Lipinski definition) is 4. The third-order valence-corrected chi connectivity index (χ3v) is 4.50. The molecule has 0 radical (unpaired) electrons. The van der Waals surface area contributed by atoms with Crippen molar-refractivity contribution in [2.75, 3.05) is 18.4 Å². The fourth-order valence-electron chi connectivity index (χ4n) is 3.06. The molecule has 1 aromatic heterocycles. The van der Waals surface area contributed by atoms with Gasteiger partial charge in [-0.3, -0.25) is 24.4 Å². The van der Waals surface area contributed by atoms with Crippen LogP contribution in [-0.2, 0) is 9.59 Å². The molecular weight excluding hydrogens is 386 g/mol. The van der Waals surface area contributed by atoms with Gasteiger partial charge in [-0.25, -0.2) is 0 Å². The SMILES string of the molecule is O=C(O)CC(NC(=O)CNC(=O)c1cccc(NC2=NCCC2)c1)c1cccnc1. The first-order valence-electron chi connectivity index (χ1n) is 9.61. The van der Waals surface area contributed by atoms with Gasteiger partial charge in [-0.05, 0) is 36.2 Å². The number of rotatable bonds is 8. The number of carbonyl (C=O) groups excluding carboxylic acids is 2. The average Bonchev–Trinajstić information content (AvgIpc) is 3.25. The van der Waals surface area contributed by atoms with Crippen LogP contribution in [-0.4, -0.2) is 46.8 Å². The van der Waals surface area contributed by atoms with Crippen molar-refractivity contribution in [1.29, 1.82) is 0 Å². The molecule has 2 aromatic rings. The third kappa shape index (κ3) is 6.13. The summed E-state index contributed by atoms with van der Waals surface area (Å²) in [5, 5.41) is 17.5. The van der Waals surface area contributed by atoms with Crippen molar-refractivity contribution in [3.8, 4) is 0 Å². The van der Waals surface area contributed by atoms with Gasteiger partial charge in [0.25, 0.3) is 5.91 Å². The Balaban J connectivity index is 1.55. The molecule has 0 spiro atoms. The van der Waals surface area contributed by atoms with Crippen LogP contribution in [0.15, 0.2) is 53.8 Å². The van der Waals surface area contributed by atoms with Crippen molar-refractivity contribution < 1.29 is 19.5 Å². The number of nitrogens with one attached hydrogen (secondary N) is 3. The standard InChI is InChI=1S/C21H23N5O4/c27-19(26-17(11-20(28)29)15-5-2-8-22-12-15)13-24-21(30)14-4-1-6-16(10-14)25-18-7-3-9-23-18/h1-2,4-6,8,10,12,17H,3,7,9,11,13H2,(H,23,25)(H,24,30)(H,26,27)(H,28,29). The second-order valence-electron chi connectivity index (χ2n) is 6.82. The highest BCUT2D eigenvalue weighted by atomic mass is 16.4. The summed E-state index contributed by atoms with van der Waals surface area (Å²) >= 11 is 0. The average molecular weight is 409 g/mol. The van der Waals surface area contributed by atoms with E-state index in [-0.39, 0.29) is 13.0 Å². The van der Waals surface area contributed by atoms with Crippen LogP contribution in [0.5, 0.6) is 0 Å². The largest absolute Gasteiger partial charge is 0.481 e. The highest BCUT2D eigenvalue weighted by Crippen LogP contribution is 2.16. The van der Waals surface area contributed by atoms with E-state index in [0.717, 1.165) is 30.9 Å². The Morgan fingerprint density at radius 3 is 2.73 bits per heavy atom. The Morgan fingerprint density at radius 2 is 2.03 bits per heavy atom. The summed E-state index contributed by atoms with van der Waals surface area (Å²) in [7, 11) is 0. The summed E-state index contributed by atoms with van der Waals surface area (Å²) in [4.78, 5) is 44.1. The normalized spacial score (nSPS) is 13.8. The smallest absolute Gasteiger partial charge is 0.305 e. The maximum absolute atomic E-state index is 12.4. The van der Waals surface area contributed by atoms with Gasteiger partial charge in [-0.1, -0.05) is 12.1 Å². The molecule has 2 amide bonds. The molecule has 1 unspecified atom stereocenters. The van der Waals surface area contributed by atoms with Gasteiger partial charge in [0.15, 0.2) is 0 Å². The van der Waals surface area contributed by atoms with E-state index in [1.165, 1.54) is 6.20 Å². The van der Waals surface area contributed by atoms with Crippen LogP contribution < -0.4 is 16.0 Å². The minimum Gasteiger partial charge on any atom is -0.481 e.